The first kappa shape index (κ1) is 13.2. The van der Waals surface area contributed by atoms with Crippen molar-refractivity contribution in [1.82, 2.24) is 14.8 Å². The Labute approximate surface area is 219 Å². The Hall–Kier alpha value is -0.224. The molecule has 2 aromatic rings. The number of likely N-dealkylation sites (tertiary alicyclic amines) is 1. The molecule has 27 heavy (non-hydrogen) atoms. The van der Waals surface area contributed by atoms with E-state index < -0.39 is 48.9 Å². The van der Waals surface area contributed by atoms with Crippen LogP contribution in [0, 0.1) is 0 Å². The first-order valence-corrected chi connectivity index (χ1v) is 9.21. The van der Waals surface area contributed by atoms with Crippen molar-refractivity contribution in [2.75, 3.05) is 26.2 Å². The fourth-order valence-electron chi connectivity index (χ4n) is 3.01. The molecule has 0 aliphatic carbocycles. The van der Waals surface area contributed by atoms with E-state index in [1.807, 2.05) is 4.90 Å². The van der Waals surface area contributed by atoms with Gasteiger partial charge in [-0.1, -0.05) is 12.1 Å². The number of hydrogen-bond acceptors (Lipinski definition) is 5. The van der Waals surface area contributed by atoms with Crippen LogP contribution in [0.3, 0.4) is 0 Å². The Kier molecular flexibility index (Phi) is 5.13. The van der Waals surface area contributed by atoms with E-state index in [2.05, 4.69) is 5.32 Å². The largest absolute Gasteiger partial charge is 1.00 e. The van der Waals surface area contributed by atoms with Gasteiger partial charge >= 0.3 is 51.4 Å². The second-order valence-electron chi connectivity index (χ2n) is 6.07. The molecule has 1 amide bonds. The van der Waals surface area contributed by atoms with Gasteiger partial charge < -0.3 is 15.3 Å². The molecule has 0 unspecified atom stereocenters. The molecule has 0 radical (unpaired) electrons. The number of nitrogens with one attached hydrogen (secondary N) is 1. The summed E-state index contributed by atoms with van der Waals surface area (Å²) in [6.45, 7) is -4.50. The molecule has 6 nitrogen and oxygen atoms in total. The molecule has 1 N–H and O–H groups in total. The Bertz CT molecular complexity index is 1140. The average molecular weight is 425 g/mol. The number of hydrogen-bond donors (Lipinski definition) is 1. The third kappa shape index (κ3) is 5.23. The molecule has 2 aromatic heterocycles. The summed E-state index contributed by atoms with van der Waals surface area (Å²) >= 11 is 0.591. The molecule has 1 aliphatic rings. The van der Waals surface area contributed by atoms with E-state index in [0.29, 0.717) is 54.8 Å². The van der Waals surface area contributed by atoms with Crippen molar-refractivity contribution in [2.24, 2.45) is 0 Å². The van der Waals surface area contributed by atoms with Crippen molar-refractivity contribution in [3.8, 4) is 5.75 Å². The van der Waals surface area contributed by atoms with Gasteiger partial charge in [-0.15, -0.1) is 11.3 Å². The molecule has 0 aromatic carbocycles. The number of carbonyl (C=O) groups excluding carboxylic acids is 1. The molecular formula is C19H26KN3O3S. The summed E-state index contributed by atoms with van der Waals surface area (Å²) in [4.78, 5) is 27.8. The third-order valence-corrected chi connectivity index (χ3v) is 5.19. The molecule has 0 spiro atoms. The maximum absolute atomic E-state index is 13.2. The maximum atomic E-state index is 13.2. The molecule has 0 atom stereocenters. The van der Waals surface area contributed by atoms with E-state index >= 15 is 0 Å². The number of pyridine rings is 1. The maximum Gasteiger partial charge on any atom is 1.00 e. The summed E-state index contributed by atoms with van der Waals surface area (Å²) in [6, 6.07) is -1.23. The molecule has 1 aliphatic heterocycles. The van der Waals surface area contributed by atoms with Gasteiger partial charge in [0.2, 0.25) is 0 Å². The summed E-state index contributed by atoms with van der Waals surface area (Å²) in [5, 5.41) is 15.0. The molecule has 1 fully saturated rings. The second-order valence-corrected chi connectivity index (χ2v) is 6.89. The second kappa shape index (κ2) is 10.5. The van der Waals surface area contributed by atoms with E-state index in [9.17, 15) is 14.7 Å². The minimum Gasteiger partial charge on any atom is -0.871 e. The summed E-state index contributed by atoms with van der Waals surface area (Å²) < 4.78 is 70.1. The van der Waals surface area contributed by atoms with Crippen molar-refractivity contribution >= 4 is 27.5 Å². The standard InChI is InChI=1S/C19H27N3O3S.K/c1-13(2)22-18(25)15(16(23)14-7-12-26-19(14)22)17(24)20-8-6-11-21-9-4-3-5-10-21;/h7,12-13,23H,3-6,8-11H2,1-2H3,(H,20,24);/q;+1/p-1/i1D3,2D3,3D2,12D;. The van der Waals surface area contributed by atoms with Crippen LogP contribution in [0.25, 0.3) is 10.2 Å². The number of aromatic nitrogens is 1. The van der Waals surface area contributed by atoms with Crippen molar-refractivity contribution in [1.29, 1.82) is 0 Å². The molecule has 0 bridgehead atoms. The third-order valence-electron chi connectivity index (χ3n) is 4.34. The molecule has 142 valence electrons. The predicted octanol–water partition coefficient (Wildman–Crippen LogP) is -0.673. The SMILES string of the molecule is [2H]c1cc2c([O-])c(C(=O)NCCCN3CCC([2H])([2H])CC3)c(=O)n(C(C([2H])([2H])[2H])C([2H])([2H])[2H])c2s1.[K+]. The minimum atomic E-state index is -3.16. The van der Waals surface area contributed by atoms with Crippen LogP contribution in [0.5, 0.6) is 5.75 Å². The average Bonchev–Trinajstić information content (AvgIpc) is 3.09. The van der Waals surface area contributed by atoms with E-state index in [1.165, 1.54) is 0 Å². The first-order chi connectivity index (χ1) is 16.0. The van der Waals surface area contributed by atoms with Gasteiger partial charge in [0, 0.05) is 28.9 Å². The number of piperidine rings is 1. The van der Waals surface area contributed by atoms with Crippen molar-refractivity contribution in [3.05, 3.63) is 27.3 Å². The number of carbonyl (C=O) groups is 1. The number of thiophene rings is 1. The normalized spacial score (nSPS) is 22.8. The number of amides is 1. The number of nitrogens with zero attached hydrogens (tertiary/aromatic N) is 2. The van der Waals surface area contributed by atoms with Gasteiger partial charge in [-0.05, 0) is 64.0 Å². The van der Waals surface area contributed by atoms with Gasteiger partial charge in [0.25, 0.3) is 11.5 Å². The van der Waals surface area contributed by atoms with Gasteiger partial charge in [0.15, 0.2) is 0 Å². The van der Waals surface area contributed by atoms with Crippen molar-refractivity contribution < 1.29 is 73.6 Å². The summed E-state index contributed by atoms with van der Waals surface area (Å²) in [5.74, 6) is -2.03. The fraction of sp³-hybridized carbons (Fsp3) is 0.579. The topological polar surface area (TPSA) is 77.4 Å². The van der Waals surface area contributed by atoms with Crippen LogP contribution >= 0.6 is 11.3 Å². The smallest absolute Gasteiger partial charge is 0.871 e. The Morgan fingerprint density at radius 2 is 2.22 bits per heavy atom. The van der Waals surface area contributed by atoms with Crippen molar-refractivity contribution in [2.45, 2.75) is 45.4 Å². The molecule has 3 heterocycles. The summed E-state index contributed by atoms with van der Waals surface area (Å²) in [7, 11) is 0. The van der Waals surface area contributed by atoms with Crippen molar-refractivity contribution in [3.63, 3.8) is 0 Å². The monoisotopic (exact) mass is 424 g/mol. The van der Waals surface area contributed by atoms with E-state index in [-0.39, 0.29) is 73.5 Å². The van der Waals surface area contributed by atoms with Crippen LogP contribution in [-0.4, -0.2) is 41.6 Å². The summed E-state index contributed by atoms with van der Waals surface area (Å²) in [6.07, 6.45) is 0.0913. The van der Waals surface area contributed by atoms with Crippen LogP contribution in [0.4, 0.5) is 0 Å². The zero-order chi connectivity index (χ0) is 26.3. The van der Waals surface area contributed by atoms with Crippen LogP contribution in [0.1, 0.15) is 68.1 Å². The quantitative estimate of drug-likeness (QED) is 0.493. The van der Waals surface area contributed by atoms with E-state index in [1.54, 1.807) is 0 Å². The predicted molar refractivity (Wildman–Crippen MR) is 103 cm³/mol. The molecule has 1 saturated heterocycles. The molecule has 3 rings (SSSR count). The molecule has 8 heteroatoms. The van der Waals surface area contributed by atoms with E-state index in [0.717, 1.165) is 6.07 Å². The van der Waals surface area contributed by atoms with Gasteiger partial charge in [-0.25, -0.2) is 0 Å². The fourth-order valence-corrected chi connectivity index (χ4v) is 3.85. The number of fused-ring (bicyclic) bond motifs is 1. The zero-order valence-electron chi connectivity index (χ0n) is 24.1. The van der Waals surface area contributed by atoms with E-state index in [4.69, 9.17) is 12.3 Å². The Morgan fingerprint density at radius 1 is 1.48 bits per heavy atom. The first-order valence-electron chi connectivity index (χ1n) is 12.9. The van der Waals surface area contributed by atoms with Gasteiger partial charge in [-0.3, -0.25) is 14.2 Å². The molecular weight excluding hydrogens is 389 g/mol. The Morgan fingerprint density at radius 3 is 2.93 bits per heavy atom. The summed E-state index contributed by atoms with van der Waals surface area (Å²) in [5.41, 5.74) is -2.21. The molecule has 0 saturated carbocycles. The zero-order valence-corrected chi connectivity index (χ0v) is 19.1. The van der Waals surface area contributed by atoms with Crippen LogP contribution in [-0.2, 0) is 0 Å². The number of rotatable bonds is 6. The van der Waals surface area contributed by atoms with Crippen LogP contribution in [0.2, 0.25) is 0 Å². The van der Waals surface area contributed by atoms with Gasteiger partial charge in [-0.2, -0.15) is 0 Å². The van der Waals surface area contributed by atoms with Crippen LogP contribution in [0.15, 0.2) is 16.2 Å². The van der Waals surface area contributed by atoms with Gasteiger partial charge in [0.05, 0.1) is 6.93 Å². The Balaban J connectivity index is 0.00000456. The van der Waals surface area contributed by atoms with Gasteiger partial charge in [0.1, 0.15) is 4.83 Å². The minimum absolute atomic E-state index is 0. The van der Waals surface area contributed by atoms with Crippen LogP contribution < -0.4 is 67.4 Å².